The lowest BCUT2D eigenvalue weighted by Crippen LogP contribution is -2.46. The number of carbonyl (C=O) groups is 2. The fraction of sp³-hybridized carbons (Fsp3) is 0.769. The van der Waals surface area contributed by atoms with Gasteiger partial charge in [0.25, 0.3) is 0 Å². The van der Waals surface area contributed by atoms with Crippen molar-refractivity contribution in [2.45, 2.75) is 52.4 Å². The third-order valence-corrected chi connectivity index (χ3v) is 2.99. The topological polar surface area (TPSA) is 37.4 Å². The molecule has 0 N–H and O–H groups in total. The molecule has 0 saturated carbocycles. The van der Waals surface area contributed by atoms with Gasteiger partial charge in [-0.25, -0.2) is 0 Å². The number of piperidine rings is 1. The Labute approximate surface area is 98.2 Å². The van der Waals surface area contributed by atoms with E-state index in [1.54, 1.807) is 0 Å². The molecule has 1 saturated heterocycles. The van der Waals surface area contributed by atoms with Crippen molar-refractivity contribution in [2.24, 2.45) is 5.41 Å². The van der Waals surface area contributed by atoms with E-state index in [1.165, 1.54) is 4.90 Å². The zero-order chi connectivity index (χ0) is 12.2. The maximum atomic E-state index is 11.8. The molecule has 3 nitrogen and oxygen atoms in total. The maximum Gasteiger partial charge on any atom is 0.229 e. The van der Waals surface area contributed by atoms with Gasteiger partial charge in [0.2, 0.25) is 11.8 Å². The quantitative estimate of drug-likeness (QED) is 0.531. The number of rotatable bonds is 5. The molecule has 0 aliphatic carbocycles. The van der Waals surface area contributed by atoms with E-state index >= 15 is 0 Å². The molecule has 1 fully saturated rings. The molecule has 1 heterocycles. The summed E-state index contributed by atoms with van der Waals surface area (Å²) in [4.78, 5) is 25.0. The molecule has 3 heteroatoms. The summed E-state index contributed by atoms with van der Waals surface area (Å²) in [5.74, 6) is -0.00764. The molecule has 1 rings (SSSR count). The molecule has 0 aromatic heterocycles. The van der Waals surface area contributed by atoms with Gasteiger partial charge in [0, 0.05) is 19.4 Å². The highest BCUT2D eigenvalue weighted by Gasteiger charge is 2.36. The fourth-order valence-corrected chi connectivity index (χ4v) is 2.08. The number of amides is 2. The highest BCUT2D eigenvalue weighted by atomic mass is 16.2. The molecule has 0 atom stereocenters. The van der Waals surface area contributed by atoms with Crippen LogP contribution in [-0.4, -0.2) is 23.3 Å². The van der Waals surface area contributed by atoms with E-state index in [4.69, 9.17) is 0 Å². The Hall–Kier alpha value is -0.860. The molecule has 91 valence electrons. The van der Waals surface area contributed by atoms with E-state index in [-0.39, 0.29) is 17.2 Å². The Bertz CT molecular complexity index is 251. The zero-order valence-corrected chi connectivity index (χ0v) is 10.4. The molecule has 0 bridgehead atoms. The number of hydrogen-bond donors (Lipinski definition) is 0. The Morgan fingerprint density at radius 3 is 2.19 bits per heavy atom. The minimum atomic E-state index is -0.155. The Kier molecular flexibility index (Phi) is 4.51. The van der Waals surface area contributed by atoms with Crippen molar-refractivity contribution in [1.82, 2.24) is 4.90 Å². The van der Waals surface area contributed by atoms with E-state index in [2.05, 4.69) is 6.92 Å². The lowest BCUT2D eigenvalue weighted by atomic mass is 9.81. The highest BCUT2D eigenvalue weighted by molar-refractivity contribution is 5.98. The number of likely N-dealkylation sites (tertiary alicyclic amines) is 1. The lowest BCUT2D eigenvalue weighted by Gasteiger charge is -2.34. The monoisotopic (exact) mass is 224 g/mol. The van der Waals surface area contributed by atoms with Crippen LogP contribution in [0.5, 0.6) is 0 Å². The van der Waals surface area contributed by atoms with Crippen LogP contribution in [0.4, 0.5) is 0 Å². The summed E-state index contributed by atoms with van der Waals surface area (Å²) in [6, 6.07) is 0. The van der Waals surface area contributed by atoms with Gasteiger partial charge >= 0.3 is 0 Å². The summed E-state index contributed by atoms with van der Waals surface area (Å²) in [6.07, 6.45) is 4.94. The minimum absolute atomic E-state index is 0.00382. The standard InChI is InChI=1S/C13H22NO2/c1-4-5-6-7-8-14-11(15)9-13(2,3)10-12(14)16/h1,4-10H2,2-3H3. The van der Waals surface area contributed by atoms with Gasteiger partial charge in [0.1, 0.15) is 0 Å². The van der Waals surface area contributed by atoms with Crippen molar-refractivity contribution in [3.05, 3.63) is 6.92 Å². The van der Waals surface area contributed by atoms with Crippen LogP contribution in [0.3, 0.4) is 0 Å². The van der Waals surface area contributed by atoms with E-state index in [9.17, 15) is 9.59 Å². The predicted molar refractivity (Wildman–Crippen MR) is 63.6 cm³/mol. The predicted octanol–water partition coefficient (Wildman–Crippen LogP) is 2.56. The first-order valence-electron chi connectivity index (χ1n) is 6.09. The van der Waals surface area contributed by atoms with Crippen molar-refractivity contribution in [3.63, 3.8) is 0 Å². The summed E-state index contributed by atoms with van der Waals surface area (Å²) in [5.41, 5.74) is -0.155. The average Bonchev–Trinajstić information content (AvgIpc) is 2.13. The molecule has 0 spiro atoms. The van der Waals surface area contributed by atoms with Gasteiger partial charge in [-0.2, -0.15) is 0 Å². The van der Waals surface area contributed by atoms with Crippen molar-refractivity contribution in [3.8, 4) is 0 Å². The molecular weight excluding hydrogens is 202 g/mol. The van der Waals surface area contributed by atoms with Crippen LogP contribution in [0.25, 0.3) is 0 Å². The Balaban J connectivity index is 2.42. The molecule has 16 heavy (non-hydrogen) atoms. The summed E-state index contributed by atoms with van der Waals surface area (Å²) in [6.45, 7) is 8.31. The highest BCUT2D eigenvalue weighted by Crippen LogP contribution is 2.31. The number of nitrogens with zero attached hydrogens (tertiary/aromatic N) is 1. The molecule has 0 unspecified atom stereocenters. The lowest BCUT2D eigenvalue weighted by molar-refractivity contribution is -0.152. The third-order valence-electron chi connectivity index (χ3n) is 2.99. The SMILES string of the molecule is [CH2]CCCCCN1C(=O)CC(C)(C)CC1=O. The van der Waals surface area contributed by atoms with Crippen molar-refractivity contribution in [2.75, 3.05) is 6.54 Å². The van der Waals surface area contributed by atoms with Crippen molar-refractivity contribution >= 4 is 11.8 Å². The second-order valence-electron chi connectivity index (χ2n) is 5.37. The Morgan fingerprint density at radius 2 is 1.69 bits per heavy atom. The molecule has 1 aliphatic rings. The van der Waals surface area contributed by atoms with Gasteiger partial charge < -0.3 is 0 Å². The van der Waals surface area contributed by atoms with E-state index in [0.29, 0.717) is 19.4 Å². The third kappa shape index (κ3) is 3.62. The van der Waals surface area contributed by atoms with Crippen LogP contribution >= 0.6 is 0 Å². The summed E-state index contributed by atoms with van der Waals surface area (Å²) >= 11 is 0. The van der Waals surface area contributed by atoms with Crippen LogP contribution in [-0.2, 0) is 9.59 Å². The van der Waals surface area contributed by atoms with Crippen LogP contribution in [0.2, 0.25) is 0 Å². The summed E-state index contributed by atoms with van der Waals surface area (Å²) in [5, 5.41) is 0. The number of unbranched alkanes of at least 4 members (excludes halogenated alkanes) is 3. The number of carbonyl (C=O) groups excluding carboxylic acids is 2. The normalized spacial score (nSPS) is 20.3. The zero-order valence-electron chi connectivity index (χ0n) is 10.4. The largest absolute Gasteiger partial charge is 0.283 e. The molecule has 1 aliphatic heterocycles. The number of imide groups is 1. The van der Waals surface area contributed by atoms with Crippen LogP contribution in [0, 0.1) is 12.3 Å². The van der Waals surface area contributed by atoms with Crippen molar-refractivity contribution in [1.29, 1.82) is 0 Å². The van der Waals surface area contributed by atoms with Crippen LogP contribution in [0.1, 0.15) is 52.4 Å². The molecule has 0 aromatic carbocycles. The number of hydrogen-bond acceptors (Lipinski definition) is 2. The molecule has 2 amide bonds. The summed E-state index contributed by atoms with van der Waals surface area (Å²) in [7, 11) is 0. The first-order valence-corrected chi connectivity index (χ1v) is 6.09. The smallest absolute Gasteiger partial charge is 0.229 e. The van der Waals surface area contributed by atoms with Crippen molar-refractivity contribution < 1.29 is 9.59 Å². The maximum absolute atomic E-state index is 11.8. The van der Waals surface area contributed by atoms with Crippen LogP contribution in [0.15, 0.2) is 0 Å². The van der Waals surface area contributed by atoms with E-state index < -0.39 is 0 Å². The van der Waals surface area contributed by atoms with E-state index in [0.717, 1.165) is 25.7 Å². The van der Waals surface area contributed by atoms with Gasteiger partial charge in [-0.3, -0.25) is 14.5 Å². The molecule has 0 aromatic rings. The first kappa shape index (κ1) is 13.2. The van der Waals surface area contributed by atoms with Crippen LogP contribution < -0.4 is 0 Å². The second kappa shape index (κ2) is 5.46. The summed E-state index contributed by atoms with van der Waals surface area (Å²) < 4.78 is 0. The van der Waals surface area contributed by atoms with E-state index in [1.807, 2.05) is 13.8 Å². The van der Waals surface area contributed by atoms with Gasteiger partial charge in [-0.05, 0) is 11.8 Å². The Morgan fingerprint density at radius 1 is 1.12 bits per heavy atom. The average molecular weight is 224 g/mol. The minimum Gasteiger partial charge on any atom is -0.283 e. The second-order valence-corrected chi connectivity index (χ2v) is 5.37. The molecule has 1 radical (unpaired) electrons. The van der Waals surface area contributed by atoms with Gasteiger partial charge in [-0.15, -0.1) is 0 Å². The molecular formula is C13H22NO2. The van der Waals surface area contributed by atoms with Gasteiger partial charge in [0.05, 0.1) is 0 Å². The fourth-order valence-electron chi connectivity index (χ4n) is 2.08. The first-order chi connectivity index (χ1) is 7.46. The van der Waals surface area contributed by atoms with Gasteiger partial charge in [0.15, 0.2) is 0 Å². The van der Waals surface area contributed by atoms with Gasteiger partial charge in [-0.1, -0.05) is 40.0 Å².